The number of aryl methyl sites for hydroxylation is 1. The summed E-state index contributed by atoms with van der Waals surface area (Å²) in [6, 6.07) is 3.89. The van der Waals surface area contributed by atoms with Crippen molar-refractivity contribution in [1.82, 2.24) is 14.9 Å². The molecule has 0 saturated carbocycles. The Kier molecular flexibility index (Phi) is 5.74. The summed E-state index contributed by atoms with van der Waals surface area (Å²) in [5.74, 6) is 0.577. The van der Waals surface area contributed by atoms with Crippen molar-refractivity contribution < 1.29 is 14.5 Å². The number of aromatic nitrogens is 2. The van der Waals surface area contributed by atoms with Crippen LogP contribution in [0.1, 0.15) is 43.0 Å². The number of nitro groups is 1. The SMILES string of the molecule is CCOc1ccc(C(=O)NC(c2nccn2C)C(C)C)cc1[N+](=O)[O-]. The number of carbonyl (C=O) groups is 1. The number of hydrogen-bond donors (Lipinski definition) is 1. The summed E-state index contributed by atoms with van der Waals surface area (Å²) in [5.41, 5.74) is -0.0254. The number of nitro benzene ring substituents is 1. The maximum Gasteiger partial charge on any atom is 0.311 e. The molecular formula is C17H22N4O4. The van der Waals surface area contributed by atoms with Crippen LogP contribution in [0, 0.1) is 16.0 Å². The van der Waals surface area contributed by atoms with Gasteiger partial charge in [-0.05, 0) is 25.0 Å². The monoisotopic (exact) mass is 346 g/mol. The Morgan fingerprint density at radius 2 is 2.16 bits per heavy atom. The van der Waals surface area contributed by atoms with Gasteiger partial charge in [-0.15, -0.1) is 0 Å². The maximum absolute atomic E-state index is 12.6. The van der Waals surface area contributed by atoms with Gasteiger partial charge in [-0.3, -0.25) is 14.9 Å². The first-order valence-corrected chi connectivity index (χ1v) is 8.04. The first kappa shape index (κ1) is 18.4. The minimum Gasteiger partial charge on any atom is -0.487 e. The molecule has 1 atom stereocenters. The van der Waals surface area contributed by atoms with Crippen molar-refractivity contribution in [2.45, 2.75) is 26.8 Å². The quantitative estimate of drug-likeness (QED) is 0.614. The highest BCUT2D eigenvalue weighted by Gasteiger charge is 2.24. The van der Waals surface area contributed by atoms with Gasteiger partial charge >= 0.3 is 5.69 Å². The van der Waals surface area contributed by atoms with Crippen LogP contribution in [0.15, 0.2) is 30.6 Å². The van der Waals surface area contributed by atoms with Gasteiger partial charge in [0.2, 0.25) is 0 Å². The van der Waals surface area contributed by atoms with E-state index >= 15 is 0 Å². The Morgan fingerprint density at radius 1 is 1.44 bits per heavy atom. The van der Waals surface area contributed by atoms with Gasteiger partial charge in [0.1, 0.15) is 5.82 Å². The predicted molar refractivity (Wildman–Crippen MR) is 92.5 cm³/mol. The van der Waals surface area contributed by atoms with Gasteiger partial charge in [-0.2, -0.15) is 0 Å². The van der Waals surface area contributed by atoms with Gasteiger partial charge < -0.3 is 14.6 Å². The second-order valence-electron chi connectivity index (χ2n) is 5.96. The molecular weight excluding hydrogens is 324 g/mol. The number of nitrogens with zero attached hydrogens (tertiary/aromatic N) is 3. The molecule has 1 unspecified atom stereocenters. The van der Waals surface area contributed by atoms with Crippen LogP contribution in [-0.4, -0.2) is 27.0 Å². The second-order valence-corrected chi connectivity index (χ2v) is 5.96. The lowest BCUT2D eigenvalue weighted by Gasteiger charge is -2.22. The van der Waals surface area contributed by atoms with Crippen LogP contribution in [-0.2, 0) is 7.05 Å². The molecule has 1 amide bonds. The Morgan fingerprint density at radius 3 is 2.68 bits per heavy atom. The molecule has 1 aromatic heterocycles. The zero-order valence-corrected chi connectivity index (χ0v) is 14.7. The summed E-state index contributed by atoms with van der Waals surface area (Å²) in [6.07, 6.45) is 3.47. The molecule has 0 aliphatic rings. The largest absolute Gasteiger partial charge is 0.487 e. The zero-order chi connectivity index (χ0) is 18.6. The minimum absolute atomic E-state index is 0.0998. The van der Waals surface area contributed by atoms with E-state index in [0.29, 0.717) is 6.61 Å². The second kappa shape index (κ2) is 7.78. The fraction of sp³-hybridized carbons (Fsp3) is 0.412. The van der Waals surface area contributed by atoms with Gasteiger partial charge in [-0.25, -0.2) is 4.98 Å². The average Bonchev–Trinajstić information content (AvgIpc) is 2.98. The summed E-state index contributed by atoms with van der Waals surface area (Å²) in [4.78, 5) is 27.5. The average molecular weight is 346 g/mol. The number of ether oxygens (including phenoxy) is 1. The Labute approximate surface area is 146 Å². The van der Waals surface area contributed by atoms with E-state index in [4.69, 9.17) is 4.74 Å². The normalized spacial score (nSPS) is 12.0. The molecule has 0 spiro atoms. The number of amides is 1. The highest BCUT2D eigenvalue weighted by molar-refractivity contribution is 5.95. The van der Waals surface area contributed by atoms with Crippen molar-refractivity contribution >= 4 is 11.6 Å². The molecule has 25 heavy (non-hydrogen) atoms. The van der Waals surface area contributed by atoms with E-state index in [9.17, 15) is 14.9 Å². The fourth-order valence-electron chi connectivity index (χ4n) is 2.51. The van der Waals surface area contributed by atoms with E-state index in [1.807, 2.05) is 25.5 Å². The van der Waals surface area contributed by atoms with Crippen molar-refractivity contribution in [2.75, 3.05) is 6.61 Å². The number of nitrogens with one attached hydrogen (secondary N) is 1. The van der Waals surface area contributed by atoms with E-state index in [-0.39, 0.29) is 29.0 Å². The lowest BCUT2D eigenvalue weighted by atomic mass is 10.0. The van der Waals surface area contributed by atoms with E-state index < -0.39 is 10.8 Å². The predicted octanol–water partition coefficient (Wildman–Crippen LogP) is 2.85. The molecule has 8 heteroatoms. The molecule has 8 nitrogen and oxygen atoms in total. The molecule has 0 bridgehead atoms. The standard InChI is InChI=1S/C17H22N4O4/c1-5-25-14-7-6-12(10-13(14)21(23)24)17(22)19-15(11(2)3)16-18-8-9-20(16)4/h6-11,15H,5H2,1-4H3,(H,19,22). The lowest BCUT2D eigenvalue weighted by Crippen LogP contribution is -2.33. The summed E-state index contributed by atoms with van der Waals surface area (Å²) in [7, 11) is 1.85. The molecule has 134 valence electrons. The van der Waals surface area contributed by atoms with E-state index in [1.54, 1.807) is 19.3 Å². The van der Waals surface area contributed by atoms with E-state index in [1.165, 1.54) is 18.2 Å². The summed E-state index contributed by atoms with van der Waals surface area (Å²) >= 11 is 0. The lowest BCUT2D eigenvalue weighted by molar-refractivity contribution is -0.385. The van der Waals surface area contributed by atoms with E-state index in [2.05, 4.69) is 10.3 Å². The number of rotatable bonds is 7. The minimum atomic E-state index is -0.555. The first-order chi connectivity index (χ1) is 11.8. The molecule has 2 aromatic rings. The number of hydrogen-bond acceptors (Lipinski definition) is 5. The summed E-state index contributed by atoms with van der Waals surface area (Å²) in [5, 5.41) is 14.1. The number of carbonyl (C=O) groups excluding carboxylic acids is 1. The molecule has 0 aliphatic carbocycles. The van der Waals surface area contributed by atoms with Crippen LogP contribution in [0.5, 0.6) is 5.75 Å². The van der Waals surface area contributed by atoms with E-state index in [0.717, 1.165) is 5.82 Å². The Hall–Kier alpha value is -2.90. The topological polar surface area (TPSA) is 99.3 Å². The molecule has 1 N–H and O–H groups in total. The smallest absolute Gasteiger partial charge is 0.311 e. The van der Waals surface area contributed by atoms with Crippen molar-refractivity contribution in [3.05, 3.63) is 52.1 Å². The highest BCUT2D eigenvalue weighted by atomic mass is 16.6. The van der Waals surface area contributed by atoms with Gasteiger partial charge in [0.05, 0.1) is 17.6 Å². The molecule has 0 aliphatic heterocycles. The van der Waals surface area contributed by atoms with Crippen LogP contribution in [0.2, 0.25) is 0 Å². The summed E-state index contributed by atoms with van der Waals surface area (Å²) in [6.45, 7) is 5.99. The molecule has 0 saturated heterocycles. The first-order valence-electron chi connectivity index (χ1n) is 8.04. The molecule has 1 heterocycles. The summed E-state index contributed by atoms with van der Waals surface area (Å²) < 4.78 is 7.08. The van der Waals surface area contributed by atoms with Crippen LogP contribution in [0.25, 0.3) is 0 Å². The van der Waals surface area contributed by atoms with Crippen molar-refractivity contribution in [3.63, 3.8) is 0 Å². The number of benzene rings is 1. The third-order valence-corrected chi connectivity index (χ3v) is 3.81. The maximum atomic E-state index is 12.6. The molecule has 2 rings (SSSR count). The van der Waals surface area contributed by atoms with Gasteiger partial charge in [0, 0.05) is 31.1 Å². The zero-order valence-electron chi connectivity index (χ0n) is 14.7. The molecule has 0 fully saturated rings. The Bertz CT molecular complexity index is 770. The van der Waals surface area contributed by atoms with Crippen molar-refractivity contribution in [1.29, 1.82) is 0 Å². The van der Waals surface area contributed by atoms with Gasteiger partial charge in [-0.1, -0.05) is 13.8 Å². The van der Waals surface area contributed by atoms with Crippen LogP contribution >= 0.6 is 0 Å². The fourth-order valence-corrected chi connectivity index (χ4v) is 2.51. The number of imidazole rings is 1. The van der Waals surface area contributed by atoms with Crippen LogP contribution in [0.4, 0.5) is 5.69 Å². The molecule has 0 radical (unpaired) electrons. The van der Waals surface area contributed by atoms with Crippen LogP contribution < -0.4 is 10.1 Å². The van der Waals surface area contributed by atoms with Crippen molar-refractivity contribution in [2.24, 2.45) is 13.0 Å². The van der Waals surface area contributed by atoms with Gasteiger partial charge in [0.15, 0.2) is 5.75 Å². The van der Waals surface area contributed by atoms with Crippen molar-refractivity contribution in [3.8, 4) is 5.75 Å². The van der Waals surface area contributed by atoms with Gasteiger partial charge in [0.25, 0.3) is 5.91 Å². The molecule has 1 aromatic carbocycles. The van der Waals surface area contributed by atoms with Crippen LogP contribution in [0.3, 0.4) is 0 Å². The third-order valence-electron chi connectivity index (χ3n) is 3.81. The Balaban J connectivity index is 2.29. The highest BCUT2D eigenvalue weighted by Crippen LogP contribution is 2.28. The third kappa shape index (κ3) is 4.14.